The third-order valence-electron chi connectivity index (χ3n) is 6.24. The average Bonchev–Trinajstić information content (AvgIpc) is 2.90. The molecule has 0 spiro atoms. The Morgan fingerprint density at radius 1 is 0.375 bits per heavy atom. The van der Waals surface area contributed by atoms with Gasteiger partial charge in [0.05, 0.1) is 11.1 Å². The van der Waals surface area contributed by atoms with Gasteiger partial charge >= 0.3 is 6.18 Å². The molecule has 0 amide bonds. The fraction of sp³-hybridized carbons (Fsp3) is 0.0370. The summed E-state index contributed by atoms with van der Waals surface area (Å²) in [5, 5.41) is -2.51. The highest BCUT2D eigenvalue weighted by Crippen LogP contribution is 2.48. The Morgan fingerprint density at radius 3 is 1.20 bits per heavy atom. The molecule has 0 unspecified atom stereocenters. The van der Waals surface area contributed by atoms with Crippen molar-refractivity contribution in [3.63, 3.8) is 0 Å². The van der Waals surface area contributed by atoms with Crippen LogP contribution >= 0.6 is 0 Å². The van der Waals surface area contributed by atoms with Gasteiger partial charge in [-0.3, -0.25) is 0 Å². The first-order valence-electron chi connectivity index (χ1n) is 10.8. The third kappa shape index (κ3) is 3.78. The third-order valence-corrected chi connectivity index (χ3v) is 6.24. The molecule has 0 saturated carbocycles. The normalized spacial score (nSPS) is 12.1. The molecule has 5 aromatic carbocycles. The standard InChI is InChI=1S/C27H7F13/c28-8-5-6-11-12(7-8)14(16-18(29)22(33)17(27(38,39)40)23(34)19(16)30)10-4-2-1-3-9(10)13(11)15-20(31)24(35)26(37)25(36)21(15)32/h1-7H. The van der Waals surface area contributed by atoms with Gasteiger partial charge in [-0.25, -0.2) is 43.9 Å². The van der Waals surface area contributed by atoms with Gasteiger partial charge in [0.1, 0.15) is 11.4 Å². The molecule has 0 fully saturated rings. The Balaban J connectivity index is 2.07. The van der Waals surface area contributed by atoms with Crippen LogP contribution in [0, 0.1) is 58.2 Å². The van der Waals surface area contributed by atoms with Gasteiger partial charge in [-0.15, -0.1) is 0 Å². The summed E-state index contributed by atoms with van der Waals surface area (Å²) in [4.78, 5) is 0. The van der Waals surface area contributed by atoms with E-state index in [9.17, 15) is 48.3 Å². The van der Waals surface area contributed by atoms with Crippen molar-refractivity contribution in [1.82, 2.24) is 0 Å². The summed E-state index contributed by atoms with van der Waals surface area (Å²) in [6.07, 6.45) is -5.87. The first kappa shape index (κ1) is 27.3. The van der Waals surface area contributed by atoms with E-state index in [1.165, 1.54) is 0 Å². The maximum atomic E-state index is 15.1. The largest absolute Gasteiger partial charge is 0.422 e. The zero-order valence-corrected chi connectivity index (χ0v) is 19.0. The van der Waals surface area contributed by atoms with E-state index in [-0.39, 0.29) is 0 Å². The molecule has 0 aliphatic carbocycles. The van der Waals surface area contributed by atoms with E-state index in [0.29, 0.717) is 12.1 Å². The molecular formula is C27H7F13. The molecule has 0 heterocycles. The van der Waals surface area contributed by atoms with Crippen LogP contribution in [0.5, 0.6) is 0 Å². The van der Waals surface area contributed by atoms with Crippen LogP contribution in [0.4, 0.5) is 57.1 Å². The van der Waals surface area contributed by atoms with E-state index in [4.69, 9.17) is 0 Å². The van der Waals surface area contributed by atoms with Crippen molar-refractivity contribution >= 4 is 21.5 Å². The zero-order chi connectivity index (χ0) is 29.4. The van der Waals surface area contributed by atoms with Crippen molar-refractivity contribution in [2.45, 2.75) is 6.18 Å². The smallest absolute Gasteiger partial charge is 0.207 e. The number of fused-ring (bicyclic) bond motifs is 2. The molecule has 40 heavy (non-hydrogen) atoms. The van der Waals surface area contributed by atoms with Gasteiger partial charge in [0, 0.05) is 11.1 Å². The van der Waals surface area contributed by atoms with Crippen LogP contribution < -0.4 is 0 Å². The molecule has 206 valence electrons. The highest BCUT2D eigenvalue weighted by atomic mass is 19.4. The second-order valence-corrected chi connectivity index (χ2v) is 8.43. The van der Waals surface area contributed by atoms with Crippen LogP contribution in [0.15, 0.2) is 42.5 Å². The first-order chi connectivity index (χ1) is 18.7. The molecule has 0 bridgehead atoms. The van der Waals surface area contributed by atoms with Crippen LogP contribution in [0.1, 0.15) is 5.56 Å². The highest BCUT2D eigenvalue weighted by molar-refractivity contribution is 6.21. The van der Waals surface area contributed by atoms with Gasteiger partial charge in [0.2, 0.25) is 5.82 Å². The predicted molar refractivity (Wildman–Crippen MR) is 117 cm³/mol. The van der Waals surface area contributed by atoms with Crippen LogP contribution in [0.3, 0.4) is 0 Å². The molecule has 0 nitrogen and oxygen atoms in total. The topological polar surface area (TPSA) is 0 Å². The predicted octanol–water partition coefficient (Wildman–Crippen LogP) is 9.74. The van der Waals surface area contributed by atoms with Crippen LogP contribution in [-0.4, -0.2) is 0 Å². The fourth-order valence-electron chi connectivity index (χ4n) is 4.61. The molecule has 0 radical (unpaired) electrons. The number of alkyl halides is 3. The molecule has 13 heteroatoms. The number of benzene rings is 5. The van der Waals surface area contributed by atoms with Crippen molar-refractivity contribution in [1.29, 1.82) is 0 Å². The Hall–Kier alpha value is -4.29. The van der Waals surface area contributed by atoms with Crippen molar-refractivity contribution in [2.75, 3.05) is 0 Å². The highest BCUT2D eigenvalue weighted by Gasteiger charge is 2.43. The van der Waals surface area contributed by atoms with Crippen molar-refractivity contribution in [3.8, 4) is 22.3 Å². The lowest BCUT2D eigenvalue weighted by atomic mass is 9.84. The van der Waals surface area contributed by atoms with Gasteiger partial charge in [-0.05, 0) is 33.7 Å². The second kappa shape index (κ2) is 9.14. The maximum absolute atomic E-state index is 15.1. The number of rotatable bonds is 2. The lowest BCUT2D eigenvalue weighted by Gasteiger charge is -2.20. The zero-order valence-electron chi connectivity index (χ0n) is 19.0. The molecule has 5 rings (SSSR count). The summed E-state index contributed by atoms with van der Waals surface area (Å²) < 4.78 is 185. The molecule has 0 aliphatic rings. The molecule has 5 aromatic rings. The summed E-state index contributed by atoms with van der Waals surface area (Å²) in [6, 6.07) is 5.98. The summed E-state index contributed by atoms with van der Waals surface area (Å²) in [5.74, 6) is -23.8. The fourth-order valence-corrected chi connectivity index (χ4v) is 4.61. The van der Waals surface area contributed by atoms with E-state index in [0.717, 1.165) is 30.3 Å². The summed E-state index contributed by atoms with van der Waals surface area (Å²) in [6.45, 7) is 0. The minimum Gasteiger partial charge on any atom is -0.207 e. The van der Waals surface area contributed by atoms with Crippen LogP contribution in [-0.2, 0) is 6.18 Å². The second-order valence-electron chi connectivity index (χ2n) is 8.43. The van der Waals surface area contributed by atoms with Gasteiger partial charge in [-0.1, -0.05) is 30.3 Å². The number of hydrogen-bond acceptors (Lipinski definition) is 0. The van der Waals surface area contributed by atoms with Gasteiger partial charge < -0.3 is 0 Å². The summed E-state index contributed by atoms with van der Waals surface area (Å²) >= 11 is 0. The van der Waals surface area contributed by atoms with E-state index in [1.54, 1.807) is 0 Å². The molecular weight excluding hydrogens is 571 g/mol. The number of hydrogen-bond donors (Lipinski definition) is 0. The average molecular weight is 578 g/mol. The molecule has 0 saturated heterocycles. The van der Waals surface area contributed by atoms with E-state index in [2.05, 4.69) is 0 Å². The Kier molecular flexibility index (Phi) is 6.23. The summed E-state index contributed by atoms with van der Waals surface area (Å²) in [5.41, 5.74) is -7.90. The maximum Gasteiger partial charge on any atom is 0.422 e. The minimum atomic E-state index is -5.87. The Labute approximate surface area is 213 Å². The molecule has 0 aromatic heterocycles. The van der Waals surface area contributed by atoms with E-state index >= 15 is 8.78 Å². The van der Waals surface area contributed by atoms with Gasteiger partial charge in [-0.2, -0.15) is 13.2 Å². The Bertz CT molecular complexity index is 1830. The summed E-state index contributed by atoms with van der Waals surface area (Å²) in [7, 11) is 0. The molecule has 0 atom stereocenters. The first-order valence-corrected chi connectivity index (χ1v) is 10.8. The lowest BCUT2D eigenvalue weighted by Crippen LogP contribution is -2.16. The van der Waals surface area contributed by atoms with Crippen LogP contribution in [0.2, 0.25) is 0 Å². The van der Waals surface area contributed by atoms with Gasteiger partial charge in [0.25, 0.3) is 0 Å². The SMILES string of the molecule is Fc1ccc2c(-c3c(F)c(F)c(F)c(F)c3F)c3ccccc3c(-c3c(F)c(F)c(C(F)(F)F)c(F)c3F)c2c1. The minimum absolute atomic E-state index is 0.457. The van der Waals surface area contributed by atoms with Gasteiger partial charge in [0.15, 0.2) is 46.5 Å². The van der Waals surface area contributed by atoms with E-state index in [1.807, 2.05) is 0 Å². The van der Waals surface area contributed by atoms with E-state index < -0.39 is 114 Å². The molecule has 0 N–H and O–H groups in total. The van der Waals surface area contributed by atoms with Crippen molar-refractivity contribution in [2.24, 2.45) is 0 Å². The van der Waals surface area contributed by atoms with Crippen LogP contribution in [0.25, 0.3) is 43.8 Å². The number of halogens is 13. The lowest BCUT2D eigenvalue weighted by molar-refractivity contribution is -0.143. The quantitative estimate of drug-likeness (QED) is 0.0847. The molecule has 0 aliphatic heterocycles. The Morgan fingerprint density at radius 2 is 0.750 bits per heavy atom. The van der Waals surface area contributed by atoms with Crippen molar-refractivity contribution < 1.29 is 57.1 Å². The van der Waals surface area contributed by atoms with Crippen molar-refractivity contribution in [3.05, 3.63) is 106 Å². The monoisotopic (exact) mass is 578 g/mol.